The van der Waals surface area contributed by atoms with Crippen molar-refractivity contribution in [1.29, 1.82) is 0 Å². The van der Waals surface area contributed by atoms with Gasteiger partial charge in [0.15, 0.2) is 17.3 Å². The molecule has 36 heavy (non-hydrogen) atoms. The fraction of sp³-hybridized carbons (Fsp3) is 0.318. The van der Waals surface area contributed by atoms with Crippen molar-refractivity contribution < 1.29 is 41.7 Å². The third-order valence-corrected chi connectivity index (χ3v) is 4.93. The van der Waals surface area contributed by atoms with Crippen molar-refractivity contribution >= 4 is 22.4 Å². The predicted molar refractivity (Wildman–Crippen MR) is 114 cm³/mol. The lowest BCUT2D eigenvalue weighted by Crippen LogP contribution is -2.43. The molecule has 1 aromatic carbocycles. The molecule has 2 aromatic heterocycles. The lowest BCUT2D eigenvalue weighted by molar-refractivity contribution is -0.374. The second kappa shape index (κ2) is 9.76. The predicted octanol–water partition coefficient (Wildman–Crippen LogP) is 2.66. The molecule has 8 nitrogen and oxygen atoms in total. The molecule has 0 saturated heterocycles. The van der Waals surface area contributed by atoms with Crippen LogP contribution in [0.3, 0.4) is 0 Å². The summed E-state index contributed by atoms with van der Waals surface area (Å²) in [5.41, 5.74) is -5.54. The van der Waals surface area contributed by atoms with Crippen LogP contribution >= 0.6 is 0 Å². The number of aromatic nitrogens is 3. The van der Waals surface area contributed by atoms with Crippen molar-refractivity contribution in [2.75, 3.05) is 11.4 Å². The lowest BCUT2D eigenvalue weighted by Gasteiger charge is -2.27. The second-order valence-corrected chi connectivity index (χ2v) is 8.05. The number of hydrogen-bond acceptors (Lipinski definition) is 7. The topological polar surface area (TPSA) is 112 Å². The summed E-state index contributed by atoms with van der Waals surface area (Å²) in [5.74, 6) is 0.882. The van der Waals surface area contributed by atoms with Crippen LogP contribution in [0.25, 0.3) is 10.9 Å². The Labute approximate surface area is 199 Å². The monoisotopic (exact) mass is 516 g/mol. The molecule has 0 aliphatic carbocycles. The number of nitrogens with zero attached hydrogens (tertiary/aromatic N) is 4. The molecule has 3 rings (SSSR count). The summed E-state index contributed by atoms with van der Waals surface area (Å²) < 4.78 is 83.3. The molecular formula is C22H18F6N4O4. The molecule has 14 heteroatoms. The summed E-state index contributed by atoms with van der Waals surface area (Å²) in [6.45, 7) is 0.846. The Kier molecular flexibility index (Phi) is 7.30. The fourth-order valence-corrected chi connectivity index (χ4v) is 3.15. The van der Waals surface area contributed by atoms with E-state index in [4.69, 9.17) is 0 Å². The maximum absolute atomic E-state index is 15.3. The normalized spacial score (nSPS) is 12.2. The Morgan fingerprint density at radius 3 is 2.36 bits per heavy atom. The highest BCUT2D eigenvalue weighted by atomic mass is 19.3. The van der Waals surface area contributed by atoms with Gasteiger partial charge in [0.25, 0.3) is 12.9 Å². The summed E-state index contributed by atoms with van der Waals surface area (Å²) >= 11 is 0. The van der Waals surface area contributed by atoms with Gasteiger partial charge in [0.2, 0.25) is 0 Å². The standard InChI is InChI=1S/C22H18F6N4O4/c1-21(2,19(27)28)8-6-12-17(26)14(7-9-29-12)31(10-15(24)25)18-16-11(23)4-3-5-13(16)32(20(33)30-18)22(34,35)36/h3-5,7,9,15,19,34-36H,10H2,1-2H3. The average Bonchev–Trinajstić information content (AvgIpc) is 2.75. The van der Waals surface area contributed by atoms with Gasteiger partial charge in [0.05, 0.1) is 28.6 Å². The SMILES string of the molecule is CC(C)(C#Cc1nccc(N(CC(F)F)c2nc(=O)n(C(O)(O)O)c3cccc(F)c23)c1F)C(F)F. The molecule has 0 spiro atoms. The van der Waals surface area contributed by atoms with Crippen LogP contribution in [0.15, 0.2) is 35.3 Å². The van der Waals surface area contributed by atoms with E-state index in [0.29, 0.717) is 4.90 Å². The van der Waals surface area contributed by atoms with Gasteiger partial charge in [-0.3, -0.25) is 0 Å². The van der Waals surface area contributed by atoms with Gasteiger partial charge in [-0.15, -0.1) is 0 Å². The van der Waals surface area contributed by atoms with Crippen LogP contribution in [0.5, 0.6) is 0 Å². The van der Waals surface area contributed by atoms with Crippen LogP contribution in [0, 0.1) is 28.9 Å². The van der Waals surface area contributed by atoms with Crippen molar-refractivity contribution in [1.82, 2.24) is 14.5 Å². The summed E-state index contributed by atoms with van der Waals surface area (Å²) in [7, 11) is 0. The molecule has 0 saturated carbocycles. The number of fused-ring (bicyclic) bond motifs is 1. The number of halogens is 6. The number of rotatable bonds is 6. The van der Waals surface area contributed by atoms with E-state index in [2.05, 4.69) is 21.8 Å². The van der Waals surface area contributed by atoms with Crippen molar-refractivity contribution in [2.24, 2.45) is 5.41 Å². The Balaban J connectivity index is 2.33. The Morgan fingerprint density at radius 2 is 1.78 bits per heavy atom. The van der Waals surface area contributed by atoms with E-state index in [0.717, 1.165) is 44.3 Å². The van der Waals surface area contributed by atoms with E-state index in [9.17, 15) is 42.1 Å². The third kappa shape index (κ3) is 5.27. The van der Waals surface area contributed by atoms with Crippen molar-refractivity contribution in [2.45, 2.75) is 32.8 Å². The first kappa shape index (κ1) is 26.9. The third-order valence-electron chi connectivity index (χ3n) is 4.93. The number of anilines is 2. The van der Waals surface area contributed by atoms with E-state index < -0.39 is 76.3 Å². The molecule has 0 unspecified atom stereocenters. The molecule has 0 atom stereocenters. The van der Waals surface area contributed by atoms with Crippen molar-refractivity contribution in [3.8, 4) is 11.8 Å². The highest BCUT2D eigenvalue weighted by Gasteiger charge is 2.32. The number of aliphatic hydroxyl groups is 3. The van der Waals surface area contributed by atoms with Gasteiger partial charge in [-0.25, -0.2) is 40.7 Å². The van der Waals surface area contributed by atoms with Crippen LogP contribution in [0.1, 0.15) is 19.5 Å². The molecule has 0 aliphatic rings. The average molecular weight is 516 g/mol. The smallest absolute Gasteiger partial charge is 0.325 e. The molecule has 3 N–H and O–H groups in total. The second-order valence-electron chi connectivity index (χ2n) is 8.05. The van der Waals surface area contributed by atoms with Gasteiger partial charge in [0, 0.05) is 6.20 Å². The highest BCUT2D eigenvalue weighted by Crippen LogP contribution is 2.34. The number of pyridine rings is 1. The molecule has 0 bridgehead atoms. The van der Waals surface area contributed by atoms with Gasteiger partial charge in [-0.05, 0) is 38.0 Å². The van der Waals surface area contributed by atoms with Crippen molar-refractivity contribution in [3.63, 3.8) is 0 Å². The van der Waals surface area contributed by atoms with Crippen LogP contribution < -0.4 is 10.6 Å². The first-order valence-corrected chi connectivity index (χ1v) is 10.1. The molecule has 0 fully saturated rings. The van der Waals surface area contributed by atoms with Crippen LogP contribution in [-0.2, 0) is 6.10 Å². The van der Waals surface area contributed by atoms with Crippen LogP contribution in [0.4, 0.5) is 37.8 Å². The zero-order valence-electron chi connectivity index (χ0n) is 18.6. The number of alkyl halides is 4. The van der Waals surface area contributed by atoms with E-state index in [-0.39, 0.29) is 4.57 Å². The molecule has 2 heterocycles. The lowest BCUT2D eigenvalue weighted by atomic mass is 9.95. The maximum atomic E-state index is 15.3. The van der Waals surface area contributed by atoms with Gasteiger partial charge >= 0.3 is 11.8 Å². The highest BCUT2D eigenvalue weighted by molar-refractivity contribution is 5.92. The quantitative estimate of drug-likeness (QED) is 0.263. The van der Waals surface area contributed by atoms with Gasteiger partial charge < -0.3 is 20.2 Å². The maximum Gasteiger partial charge on any atom is 0.377 e. The molecule has 0 radical (unpaired) electrons. The molecule has 3 aromatic rings. The zero-order chi connectivity index (χ0) is 27.0. The van der Waals surface area contributed by atoms with E-state index >= 15 is 4.39 Å². The minimum atomic E-state index is -3.84. The molecule has 192 valence electrons. The van der Waals surface area contributed by atoms with Gasteiger partial charge in [-0.1, -0.05) is 12.0 Å². The van der Waals surface area contributed by atoms with Gasteiger partial charge in [-0.2, -0.15) is 4.98 Å². The fourth-order valence-electron chi connectivity index (χ4n) is 3.15. The largest absolute Gasteiger partial charge is 0.377 e. The number of hydrogen-bond donors (Lipinski definition) is 3. The summed E-state index contributed by atoms with van der Waals surface area (Å²) in [4.78, 5) is 20.0. The number of benzene rings is 1. The first-order valence-electron chi connectivity index (χ1n) is 10.1. The molecule has 0 aliphatic heterocycles. The van der Waals surface area contributed by atoms with E-state index in [1.54, 1.807) is 0 Å². The van der Waals surface area contributed by atoms with Crippen LogP contribution in [-0.4, -0.2) is 49.3 Å². The molecule has 0 amide bonds. The Morgan fingerprint density at radius 1 is 1.11 bits per heavy atom. The van der Waals surface area contributed by atoms with Crippen LogP contribution in [0.2, 0.25) is 0 Å². The van der Waals surface area contributed by atoms with Crippen molar-refractivity contribution in [3.05, 3.63) is 58.3 Å². The molecular weight excluding hydrogens is 498 g/mol. The summed E-state index contributed by atoms with van der Waals surface area (Å²) in [6.07, 6.45) is -9.00. The Hall–Kier alpha value is -3.67. The minimum Gasteiger partial charge on any atom is -0.325 e. The first-order chi connectivity index (χ1) is 16.6. The Bertz CT molecular complexity index is 1410. The van der Waals surface area contributed by atoms with E-state index in [1.165, 1.54) is 0 Å². The summed E-state index contributed by atoms with van der Waals surface area (Å²) in [5, 5.41) is 27.9. The minimum absolute atomic E-state index is 0.123. The summed E-state index contributed by atoms with van der Waals surface area (Å²) in [6, 6.07) is 3.68. The zero-order valence-corrected chi connectivity index (χ0v) is 18.6. The van der Waals surface area contributed by atoms with E-state index in [1.807, 2.05) is 0 Å². The van der Waals surface area contributed by atoms with Gasteiger partial charge in [0.1, 0.15) is 5.82 Å².